The third-order valence-corrected chi connectivity index (χ3v) is 3.24. The fraction of sp³-hybridized carbons (Fsp3) is 0.133. The van der Waals surface area contributed by atoms with Gasteiger partial charge in [0.15, 0.2) is 0 Å². The number of hydrogen-bond donors (Lipinski definition) is 0. The van der Waals surface area contributed by atoms with Crippen LogP contribution < -0.4 is 4.74 Å². The highest BCUT2D eigenvalue weighted by Crippen LogP contribution is 2.27. The lowest BCUT2D eigenvalue weighted by atomic mass is 10.2. The summed E-state index contributed by atoms with van der Waals surface area (Å²) in [6.45, 7) is 0.241. The van der Waals surface area contributed by atoms with Crippen molar-refractivity contribution in [2.45, 2.75) is 6.61 Å². The molecule has 0 heterocycles. The van der Waals surface area contributed by atoms with Gasteiger partial charge < -0.3 is 9.47 Å². The summed E-state index contributed by atoms with van der Waals surface area (Å²) in [4.78, 5) is 11.6. The first-order valence-corrected chi connectivity index (χ1v) is 7.09. The van der Waals surface area contributed by atoms with Gasteiger partial charge in [0.2, 0.25) is 0 Å². The van der Waals surface area contributed by atoms with Crippen molar-refractivity contribution in [1.82, 2.24) is 0 Å². The maximum atomic E-state index is 11.6. The molecule has 0 radical (unpaired) electrons. The maximum absolute atomic E-state index is 11.6. The Morgan fingerprint density at radius 2 is 1.90 bits per heavy atom. The number of benzene rings is 2. The van der Waals surface area contributed by atoms with Crippen molar-refractivity contribution in [3.05, 3.63) is 63.6 Å². The van der Waals surface area contributed by atoms with E-state index in [0.29, 0.717) is 17.4 Å². The highest BCUT2D eigenvalue weighted by molar-refractivity contribution is 9.10. The summed E-state index contributed by atoms with van der Waals surface area (Å²) in [5.74, 6) is -0.159. The van der Waals surface area contributed by atoms with Gasteiger partial charge in [-0.3, -0.25) is 0 Å². The van der Waals surface area contributed by atoms with Crippen LogP contribution in [0.5, 0.6) is 5.75 Å². The Labute approximate surface area is 130 Å². The fourth-order valence-electron chi connectivity index (χ4n) is 1.54. The molecule has 0 unspecified atom stereocenters. The molecule has 0 fully saturated rings. The van der Waals surface area contributed by atoms with E-state index >= 15 is 0 Å². The molecule has 5 heteroatoms. The molecule has 0 saturated carbocycles. The van der Waals surface area contributed by atoms with Crippen LogP contribution >= 0.6 is 27.5 Å². The monoisotopic (exact) mass is 354 g/mol. The van der Waals surface area contributed by atoms with Gasteiger partial charge in [0, 0.05) is 4.47 Å². The summed E-state index contributed by atoms with van der Waals surface area (Å²) in [6, 6.07) is 14.6. The van der Waals surface area contributed by atoms with Crippen molar-refractivity contribution in [3.63, 3.8) is 0 Å². The van der Waals surface area contributed by atoms with Gasteiger partial charge in [-0.1, -0.05) is 57.9 Å². The van der Waals surface area contributed by atoms with Crippen molar-refractivity contribution in [1.29, 1.82) is 0 Å². The molecule has 3 nitrogen and oxygen atoms in total. The first kappa shape index (κ1) is 15.0. The van der Waals surface area contributed by atoms with E-state index in [1.165, 1.54) is 0 Å². The van der Waals surface area contributed by atoms with Crippen LogP contribution in [0.1, 0.15) is 5.56 Å². The lowest BCUT2D eigenvalue weighted by Gasteiger charge is -2.07. The van der Waals surface area contributed by atoms with Crippen LogP contribution in [0.4, 0.5) is 0 Å². The Balaban J connectivity index is 1.81. The first-order chi connectivity index (χ1) is 9.65. The van der Waals surface area contributed by atoms with Crippen LogP contribution in [0, 0.1) is 0 Å². The number of halogens is 2. The smallest absolute Gasteiger partial charge is 0.337 e. The summed E-state index contributed by atoms with van der Waals surface area (Å²) in [5.41, 5.74) is 1.00. The predicted molar refractivity (Wildman–Crippen MR) is 80.9 cm³/mol. The normalized spacial score (nSPS) is 10.3. The highest BCUT2D eigenvalue weighted by atomic mass is 79.9. The van der Waals surface area contributed by atoms with Crippen LogP contribution in [-0.4, -0.2) is 12.6 Å². The standard InChI is InChI=1S/C15H12BrClO3/c16-12-6-7-14(13(17)8-12)20-15(18)10-19-9-11-4-2-1-3-5-11/h1-8H,9-10H2. The molecular formula is C15H12BrClO3. The zero-order valence-corrected chi connectivity index (χ0v) is 12.9. The van der Waals surface area contributed by atoms with Crippen molar-refractivity contribution in [2.75, 3.05) is 6.61 Å². The van der Waals surface area contributed by atoms with Gasteiger partial charge in [0.1, 0.15) is 12.4 Å². The largest absolute Gasteiger partial charge is 0.423 e. The predicted octanol–water partition coefficient (Wildman–Crippen LogP) is 4.22. The quantitative estimate of drug-likeness (QED) is 0.595. The molecule has 0 amide bonds. The molecule has 0 atom stereocenters. The lowest BCUT2D eigenvalue weighted by Crippen LogP contribution is -2.15. The topological polar surface area (TPSA) is 35.5 Å². The zero-order chi connectivity index (χ0) is 14.4. The fourth-order valence-corrected chi connectivity index (χ4v) is 2.25. The van der Waals surface area contributed by atoms with Crippen LogP contribution in [0.15, 0.2) is 53.0 Å². The minimum absolute atomic E-state index is 0.124. The second-order valence-electron chi connectivity index (χ2n) is 4.03. The summed E-state index contributed by atoms with van der Waals surface area (Å²) >= 11 is 9.24. The number of carbonyl (C=O) groups is 1. The molecule has 0 saturated heterocycles. The molecule has 0 bridgehead atoms. The van der Waals surface area contributed by atoms with Crippen LogP contribution in [0.25, 0.3) is 0 Å². The number of carbonyl (C=O) groups excluding carboxylic acids is 1. The third kappa shape index (κ3) is 4.63. The number of esters is 1. The van der Waals surface area contributed by atoms with E-state index in [-0.39, 0.29) is 6.61 Å². The zero-order valence-electron chi connectivity index (χ0n) is 10.5. The molecule has 2 rings (SSSR count). The minimum Gasteiger partial charge on any atom is -0.423 e. The summed E-state index contributed by atoms with van der Waals surface area (Å²) < 4.78 is 11.2. The van der Waals surface area contributed by atoms with E-state index in [4.69, 9.17) is 21.1 Å². The number of ether oxygens (including phenoxy) is 2. The Hall–Kier alpha value is -1.36. The van der Waals surface area contributed by atoms with Crippen molar-refractivity contribution in [2.24, 2.45) is 0 Å². The molecule has 0 aliphatic heterocycles. The third-order valence-electron chi connectivity index (χ3n) is 2.45. The van der Waals surface area contributed by atoms with E-state index in [2.05, 4.69) is 15.9 Å². The molecule has 0 N–H and O–H groups in total. The van der Waals surface area contributed by atoms with Gasteiger partial charge in [-0.15, -0.1) is 0 Å². The highest BCUT2D eigenvalue weighted by Gasteiger charge is 2.09. The van der Waals surface area contributed by atoms with Crippen molar-refractivity contribution in [3.8, 4) is 5.75 Å². The van der Waals surface area contributed by atoms with Crippen LogP contribution in [-0.2, 0) is 16.1 Å². The van der Waals surface area contributed by atoms with E-state index in [9.17, 15) is 4.79 Å². The van der Waals surface area contributed by atoms with E-state index in [1.54, 1.807) is 18.2 Å². The Bertz CT molecular complexity index is 587. The lowest BCUT2D eigenvalue weighted by molar-refractivity contribution is -0.139. The second-order valence-corrected chi connectivity index (χ2v) is 5.35. The molecular weight excluding hydrogens is 344 g/mol. The van der Waals surface area contributed by atoms with Gasteiger partial charge in [-0.2, -0.15) is 0 Å². The van der Waals surface area contributed by atoms with E-state index in [0.717, 1.165) is 10.0 Å². The van der Waals surface area contributed by atoms with Gasteiger partial charge in [0.05, 0.1) is 11.6 Å². The molecule has 2 aromatic rings. The van der Waals surface area contributed by atoms with Gasteiger partial charge >= 0.3 is 5.97 Å². The average Bonchev–Trinajstić information content (AvgIpc) is 2.43. The average molecular weight is 356 g/mol. The molecule has 20 heavy (non-hydrogen) atoms. The summed E-state index contributed by atoms with van der Waals surface area (Å²) in [5, 5.41) is 0.371. The van der Waals surface area contributed by atoms with Crippen molar-refractivity contribution < 1.29 is 14.3 Å². The molecule has 0 aliphatic carbocycles. The first-order valence-electron chi connectivity index (χ1n) is 5.92. The summed E-state index contributed by atoms with van der Waals surface area (Å²) in [6.07, 6.45) is 0. The van der Waals surface area contributed by atoms with Crippen LogP contribution in [0.2, 0.25) is 5.02 Å². The molecule has 2 aromatic carbocycles. The molecule has 0 aromatic heterocycles. The Morgan fingerprint density at radius 1 is 1.15 bits per heavy atom. The minimum atomic E-state index is -0.481. The molecule has 0 aliphatic rings. The number of hydrogen-bond acceptors (Lipinski definition) is 3. The summed E-state index contributed by atoms with van der Waals surface area (Å²) in [7, 11) is 0. The van der Waals surface area contributed by atoms with Crippen LogP contribution in [0.3, 0.4) is 0 Å². The van der Waals surface area contributed by atoms with E-state index < -0.39 is 5.97 Å². The maximum Gasteiger partial charge on any atom is 0.337 e. The molecule has 0 spiro atoms. The number of rotatable bonds is 5. The molecule has 104 valence electrons. The SMILES string of the molecule is O=C(COCc1ccccc1)Oc1ccc(Br)cc1Cl. The van der Waals surface area contributed by atoms with Gasteiger partial charge in [0.25, 0.3) is 0 Å². The Morgan fingerprint density at radius 3 is 2.60 bits per heavy atom. The van der Waals surface area contributed by atoms with Gasteiger partial charge in [-0.25, -0.2) is 4.79 Å². The van der Waals surface area contributed by atoms with Gasteiger partial charge in [-0.05, 0) is 23.8 Å². The van der Waals surface area contributed by atoms with E-state index in [1.807, 2.05) is 30.3 Å². The van der Waals surface area contributed by atoms with Crippen molar-refractivity contribution >= 4 is 33.5 Å². The second kappa shape index (κ2) is 7.43. The Kier molecular flexibility index (Phi) is 5.59.